The standard InChI is InChI=1S/C22H22FN5O2/c23-16-12-10-15(11-13-16)22-27-21(30-28-22)9-3-8-20(29)24-14-4-7-19-25-17-5-1-2-6-18(17)26-19/h1-2,5-6,10-13H,3-4,7-9,14H2,(H,24,29)(H,25,26). The molecule has 7 nitrogen and oxygen atoms in total. The van der Waals surface area contributed by atoms with Crippen molar-refractivity contribution >= 4 is 16.9 Å². The Labute approximate surface area is 172 Å². The highest BCUT2D eigenvalue weighted by Crippen LogP contribution is 2.17. The maximum atomic E-state index is 13.0. The van der Waals surface area contributed by atoms with Gasteiger partial charge in [-0.2, -0.15) is 4.98 Å². The van der Waals surface area contributed by atoms with E-state index in [0.717, 1.165) is 29.7 Å². The lowest BCUT2D eigenvalue weighted by atomic mass is 10.2. The Balaban J connectivity index is 1.14. The van der Waals surface area contributed by atoms with Gasteiger partial charge in [-0.1, -0.05) is 17.3 Å². The fraction of sp³-hybridized carbons (Fsp3) is 0.273. The Bertz CT molecular complexity index is 1090. The molecule has 2 N–H and O–H groups in total. The van der Waals surface area contributed by atoms with Gasteiger partial charge in [0.15, 0.2) is 0 Å². The van der Waals surface area contributed by atoms with E-state index in [-0.39, 0.29) is 11.7 Å². The second-order valence-corrected chi connectivity index (χ2v) is 7.03. The molecule has 0 aliphatic rings. The highest BCUT2D eigenvalue weighted by molar-refractivity contribution is 5.76. The number of hydrogen-bond donors (Lipinski definition) is 2. The molecule has 1 amide bonds. The molecular weight excluding hydrogens is 385 g/mol. The number of aryl methyl sites for hydroxylation is 2. The van der Waals surface area contributed by atoms with Crippen LogP contribution in [0.1, 0.15) is 31.0 Å². The summed E-state index contributed by atoms with van der Waals surface area (Å²) in [4.78, 5) is 24.1. The van der Waals surface area contributed by atoms with Gasteiger partial charge in [0.25, 0.3) is 0 Å². The molecule has 0 bridgehead atoms. The predicted octanol–water partition coefficient (Wildman–Crippen LogP) is 3.82. The summed E-state index contributed by atoms with van der Waals surface area (Å²) in [6, 6.07) is 13.8. The number of nitrogens with one attached hydrogen (secondary N) is 2. The van der Waals surface area contributed by atoms with Crippen LogP contribution >= 0.6 is 0 Å². The van der Waals surface area contributed by atoms with Crippen molar-refractivity contribution in [3.8, 4) is 11.4 Å². The van der Waals surface area contributed by atoms with E-state index in [2.05, 4.69) is 25.4 Å². The summed E-state index contributed by atoms with van der Waals surface area (Å²) >= 11 is 0. The van der Waals surface area contributed by atoms with Crippen LogP contribution < -0.4 is 5.32 Å². The highest BCUT2D eigenvalue weighted by Gasteiger charge is 2.10. The van der Waals surface area contributed by atoms with Crippen LogP contribution in [-0.4, -0.2) is 32.6 Å². The zero-order valence-corrected chi connectivity index (χ0v) is 16.4. The van der Waals surface area contributed by atoms with Crippen LogP contribution in [-0.2, 0) is 17.6 Å². The number of aromatic nitrogens is 4. The molecule has 2 aromatic carbocycles. The molecule has 4 rings (SSSR count). The van der Waals surface area contributed by atoms with Gasteiger partial charge in [0.1, 0.15) is 11.6 Å². The van der Waals surface area contributed by atoms with Crippen molar-refractivity contribution in [2.24, 2.45) is 0 Å². The van der Waals surface area contributed by atoms with Gasteiger partial charge in [0.05, 0.1) is 11.0 Å². The Morgan fingerprint density at radius 3 is 2.70 bits per heavy atom. The highest BCUT2D eigenvalue weighted by atomic mass is 19.1. The van der Waals surface area contributed by atoms with E-state index < -0.39 is 0 Å². The molecule has 0 aliphatic heterocycles. The van der Waals surface area contributed by atoms with Crippen LogP contribution in [0.25, 0.3) is 22.4 Å². The number of hydrogen-bond acceptors (Lipinski definition) is 5. The average molecular weight is 407 g/mol. The number of H-pyrrole nitrogens is 1. The summed E-state index contributed by atoms with van der Waals surface area (Å²) in [7, 11) is 0. The fourth-order valence-corrected chi connectivity index (χ4v) is 3.17. The molecule has 154 valence electrons. The molecule has 0 saturated carbocycles. The first-order valence-electron chi connectivity index (χ1n) is 9.96. The summed E-state index contributed by atoms with van der Waals surface area (Å²) in [5.74, 6) is 1.50. The Kier molecular flexibility index (Phi) is 6.12. The molecule has 2 aromatic heterocycles. The smallest absolute Gasteiger partial charge is 0.226 e. The first kappa shape index (κ1) is 19.8. The molecule has 0 saturated heterocycles. The topological polar surface area (TPSA) is 96.7 Å². The normalized spacial score (nSPS) is 11.1. The molecule has 8 heteroatoms. The van der Waals surface area contributed by atoms with Crippen molar-refractivity contribution in [2.75, 3.05) is 6.54 Å². The van der Waals surface area contributed by atoms with Gasteiger partial charge in [-0.05, 0) is 49.2 Å². The molecule has 2 heterocycles. The number of halogens is 1. The number of fused-ring (bicyclic) bond motifs is 1. The van der Waals surface area contributed by atoms with Crippen molar-refractivity contribution in [1.29, 1.82) is 0 Å². The third-order valence-electron chi connectivity index (χ3n) is 4.72. The maximum absolute atomic E-state index is 13.0. The van der Waals surface area contributed by atoms with Crippen LogP contribution in [0, 0.1) is 5.82 Å². The zero-order valence-electron chi connectivity index (χ0n) is 16.4. The first-order valence-corrected chi connectivity index (χ1v) is 9.96. The molecule has 0 unspecified atom stereocenters. The number of rotatable bonds is 9. The van der Waals surface area contributed by atoms with Crippen molar-refractivity contribution in [3.63, 3.8) is 0 Å². The van der Waals surface area contributed by atoms with E-state index in [0.29, 0.717) is 43.1 Å². The van der Waals surface area contributed by atoms with Crippen LogP contribution in [0.5, 0.6) is 0 Å². The zero-order chi connectivity index (χ0) is 20.8. The summed E-state index contributed by atoms with van der Waals surface area (Å²) in [6.45, 7) is 0.602. The van der Waals surface area contributed by atoms with Gasteiger partial charge >= 0.3 is 0 Å². The van der Waals surface area contributed by atoms with Crippen molar-refractivity contribution < 1.29 is 13.7 Å². The molecule has 0 radical (unpaired) electrons. The van der Waals surface area contributed by atoms with Crippen LogP contribution in [0.3, 0.4) is 0 Å². The summed E-state index contributed by atoms with van der Waals surface area (Å²) < 4.78 is 18.2. The van der Waals surface area contributed by atoms with E-state index >= 15 is 0 Å². The molecule has 0 atom stereocenters. The van der Waals surface area contributed by atoms with E-state index in [9.17, 15) is 9.18 Å². The average Bonchev–Trinajstić information content (AvgIpc) is 3.38. The fourth-order valence-electron chi connectivity index (χ4n) is 3.17. The van der Waals surface area contributed by atoms with Gasteiger partial charge in [-0.25, -0.2) is 9.37 Å². The minimum atomic E-state index is -0.314. The lowest BCUT2D eigenvalue weighted by Crippen LogP contribution is -2.24. The Morgan fingerprint density at radius 1 is 1.03 bits per heavy atom. The first-order chi connectivity index (χ1) is 14.7. The van der Waals surface area contributed by atoms with E-state index in [1.54, 1.807) is 12.1 Å². The number of imidazole rings is 1. The van der Waals surface area contributed by atoms with Crippen molar-refractivity contribution in [2.45, 2.75) is 32.1 Å². The predicted molar refractivity (Wildman–Crippen MR) is 110 cm³/mol. The third kappa shape index (κ3) is 5.08. The minimum Gasteiger partial charge on any atom is -0.356 e. The second kappa shape index (κ2) is 9.30. The monoisotopic (exact) mass is 407 g/mol. The lowest BCUT2D eigenvalue weighted by molar-refractivity contribution is -0.121. The SMILES string of the molecule is O=C(CCCc1nc(-c2ccc(F)cc2)no1)NCCCc1nc2ccccc2[nH]1. The van der Waals surface area contributed by atoms with Crippen LogP contribution in [0.15, 0.2) is 53.1 Å². The molecule has 0 fully saturated rings. The number of aromatic amines is 1. The van der Waals surface area contributed by atoms with Crippen molar-refractivity contribution in [1.82, 2.24) is 25.4 Å². The molecular formula is C22H22FN5O2. The second-order valence-electron chi connectivity index (χ2n) is 7.03. The third-order valence-corrected chi connectivity index (χ3v) is 4.72. The summed E-state index contributed by atoms with van der Waals surface area (Å²) in [6.07, 6.45) is 3.11. The molecule has 0 spiro atoms. The number of para-hydroxylation sites is 2. The summed E-state index contributed by atoms with van der Waals surface area (Å²) in [5, 5.41) is 6.83. The van der Waals surface area contributed by atoms with E-state index in [1.807, 2.05) is 24.3 Å². The van der Waals surface area contributed by atoms with Gasteiger partial charge in [-0.3, -0.25) is 4.79 Å². The maximum Gasteiger partial charge on any atom is 0.226 e. The van der Waals surface area contributed by atoms with Gasteiger partial charge in [0, 0.05) is 31.4 Å². The largest absolute Gasteiger partial charge is 0.356 e. The number of carbonyl (C=O) groups is 1. The summed E-state index contributed by atoms with van der Waals surface area (Å²) in [5.41, 5.74) is 2.67. The molecule has 0 aliphatic carbocycles. The number of benzene rings is 2. The molecule has 30 heavy (non-hydrogen) atoms. The Hall–Kier alpha value is -3.55. The molecule has 4 aromatic rings. The van der Waals surface area contributed by atoms with Gasteiger partial charge in [-0.15, -0.1) is 0 Å². The number of amides is 1. The van der Waals surface area contributed by atoms with E-state index in [1.165, 1.54) is 12.1 Å². The number of carbonyl (C=O) groups excluding carboxylic acids is 1. The number of nitrogens with zero attached hydrogens (tertiary/aromatic N) is 3. The Morgan fingerprint density at radius 2 is 1.87 bits per heavy atom. The minimum absolute atomic E-state index is 0.00196. The lowest BCUT2D eigenvalue weighted by Gasteiger charge is -2.03. The van der Waals surface area contributed by atoms with Gasteiger partial charge < -0.3 is 14.8 Å². The quantitative estimate of drug-likeness (QED) is 0.411. The van der Waals surface area contributed by atoms with E-state index in [4.69, 9.17) is 4.52 Å². The van der Waals surface area contributed by atoms with Crippen molar-refractivity contribution in [3.05, 3.63) is 66.1 Å². The van der Waals surface area contributed by atoms with Crippen LogP contribution in [0.2, 0.25) is 0 Å². The van der Waals surface area contributed by atoms with Gasteiger partial charge in [0.2, 0.25) is 17.6 Å². The van der Waals surface area contributed by atoms with Crippen LogP contribution in [0.4, 0.5) is 4.39 Å².